The zero-order valence-corrected chi connectivity index (χ0v) is 9.16. The number of hydrogen-bond donors (Lipinski definition) is 2. The summed E-state index contributed by atoms with van der Waals surface area (Å²) in [5.41, 5.74) is 13.5. The molecule has 1 aromatic carbocycles. The molecule has 0 saturated carbocycles. The van der Waals surface area contributed by atoms with E-state index in [1.165, 1.54) is 0 Å². The van der Waals surface area contributed by atoms with E-state index in [4.69, 9.17) is 11.5 Å². The molecule has 4 heteroatoms. The van der Waals surface area contributed by atoms with E-state index < -0.39 is 0 Å². The summed E-state index contributed by atoms with van der Waals surface area (Å²) in [5, 5.41) is 0. The summed E-state index contributed by atoms with van der Waals surface area (Å²) < 4.78 is 1.83. The molecule has 0 aromatic heterocycles. The predicted octanol–water partition coefficient (Wildman–Crippen LogP) is 2.68. The first kappa shape index (κ1) is 8.87. The lowest BCUT2D eigenvalue weighted by Gasteiger charge is -2.07. The number of anilines is 2. The van der Waals surface area contributed by atoms with Gasteiger partial charge in [-0.1, -0.05) is 15.9 Å². The first-order valence-electron chi connectivity index (χ1n) is 3.03. The van der Waals surface area contributed by atoms with Crippen molar-refractivity contribution in [2.24, 2.45) is 0 Å². The highest BCUT2D eigenvalue weighted by Crippen LogP contribution is 2.34. The summed E-state index contributed by atoms with van der Waals surface area (Å²) >= 11 is 6.71. The van der Waals surface area contributed by atoms with Gasteiger partial charge < -0.3 is 11.5 Å². The lowest BCUT2D eigenvalue weighted by Crippen LogP contribution is -1.97. The van der Waals surface area contributed by atoms with Gasteiger partial charge in [-0.25, -0.2) is 0 Å². The molecule has 0 aliphatic carbocycles. The van der Waals surface area contributed by atoms with Gasteiger partial charge >= 0.3 is 0 Å². The minimum Gasteiger partial charge on any atom is -0.397 e. The van der Waals surface area contributed by atoms with Crippen molar-refractivity contribution in [1.29, 1.82) is 0 Å². The van der Waals surface area contributed by atoms with Crippen LogP contribution in [-0.4, -0.2) is 0 Å². The lowest BCUT2D eigenvalue weighted by atomic mass is 10.2. The molecule has 11 heavy (non-hydrogen) atoms. The van der Waals surface area contributed by atoms with Crippen molar-refractivity contribution in [1.82, 2.24) is 0 Å². The molecule has 0 bridgehead atoms. The Morgan fingerprint density at radius 1 is 1.27 bits per heavy atom. The Bertz CT molecular complexity index is 271. The summed E-state index contributed by atoms with van der Waals surface area (Å²) in [6.45, 7) is 1.96. The minimum absolute atomic E-state index is 0.592. The molecule has 0 aliphatic heterocycles. The zero-order valence-electron chi connectivity index (χ0n) is 5.99. The summed E-state index contributed by atoms with van der Waals surface area (Å²) in [6.07, 6.45) is 0. The number of halogens is 2. The van der Waals surface area contributed by atoms with Crippen molar-refractivity contribution < 1.29 is 0 Å². The maximum atomic E-state index is 5.66. The summed E-state index contributed by atoms with van der Waals surface area (Å²) in [5.74, 6) is 0. The van der Waals surface area contributed by atoms with Crippen LogP contribution in [0, 0.1) is 6.92 Å². The smallest absolute Gasteiger partial charge is 0.0695 e. The van der Waals surface area contributed by atoms with Gasteiger partial charge in [-0.2, -0.15) is 0 Å². The molecule has 0 atom stereocenters. The highest BCUT2D eigenvalue weighted by Gasteiger charge is 2.06. The van der Waals surface area contributed by atoms with Crippen molar-refractivity contribution in [2.45, 2.75) is 6.92 Å². The van der Waals surface area contributed by atoms with Crippen LogP contribution in [0.4, 0.5) is 11.4 Å². The molecule has 2 nitrogen and oxygen atoms in total. The molecule has 60 valence electrons. The van der Waals surface area contributed by atoms with Gasteiger partial charge in [-0.05, 0) is 34.5 Å². The highest BCUT2D eigenvalue weighted by atomic mass is 79.9. The first-order valence-corrected chi connectivity index (χ1v) is 4.62. The van der Waals surface area contributed by atoms with Crippen LogP contribution < -0.4 is 11.5 Å². The SMILES string of the molecule is Cc1c(Br)cc(N)c(N)c1Br. The summed E-state index contributed by atoms with van der Waals surface area (Å²) in [4.78, 5) is 0. The van der Waals surface area contributed by atoms with E-state index in [9.17, 15) is 0 Å². The van der Waals surface area contributed by atoms with Gasteiger partial charge in [-0.15, -0.1) is 0 Å². The van der Waals surface area contributed by atoms with Crippen molar-refractivity contribution in [3.05, 3.63) is 20.6 Å². The third-order valence-electron chi connectivity index (χ3n) is 1.52. The second-order valence-electron chi connectivity index (χ2n) is 2.30. The van der Waals surface area contributed by atoms with Crippen molar-refractivity contribution in [3.8, 4) is 0 Å². The van der Waals surface area contributed by atoms with Crippen LogP contribution in [0.25, 0.3) is 0 Å². The van der Waals surface area contributed by atoms with Crippen molar-refractivity contribution >= 4 is 43.2 Å². The lowest BCUT2D eigenvalue weighted by molar-refractivity contribution is 1.40. The second kappa shape index (κ2) is 3.03. The number of hydrogen-bond acceptors (Lipinski definition) is 2. The molecular weight excluding hydrogens is 272 g/mol. The molecule has 0 radical (unpaired) electrons. The van der Waals surface area contributed by atoms with E-state index >= 15 is 0 Å². The predicted molar refractivity (Wildman–Crippen MR) is 55.4 cm³/mol. The van der Waals surface area contributed by atoms with Crippen molar-refractivity contribution in [2.75, 3.05) is 11.5 Å². The van der Waals surface area contributed by atoms with Gasteiger partial charge in [0.05, 0.1) is 11.4 Å². The quantitative estimate of drug-likeness (QED) is 0.718. The molecule has 0 unspecified atom stereocenters. The van der Waals surface area contributed by atoms with Crippen LogP contribution in [0.2, 0.25) is 0 Å². The molecular formula is C7H8Br2N2. The standard InChI is InChI=1S/C7H8Br2N2/c1-3-4(8)2-5(10)7(11)6(3)9/h2H,10-11H2,1H3. The number of nitrogens with two attached hydrogens (primary N) is 2. The van der Waals surface area contributed by atoms with Crippen LogP contribution in [-0.2, 0) is 0 Å². The fourth-order valence-corrected chi connectivity index (χ4v) is 1.91. The average Bonchev–Trinajstić information content (AvgIpc) is 1.97. The Hall–Kier alpha value is -0.220. The Balaban J connectivity index is 3.46. The third kappa shape index (κ3) is 1.51. The Labute approximate surface area is 82.2 Å². The maximum absolute atomic E-state index is 5.66. The van der Waals surface area contributed by atoms with Crippen LogP contribution in [0.5, 0.6) is 0 Å². The normalized spacial score (nSPS) is 10.1. The van der Waals surface area contributed by atoms with E-state index in [1.807, 2.05) is 6.92 Å². The molecule has 1 rings (SSSR count). The Kier molecular flexibility index (Phi) is 2.44. The molecule has 0 spiro atoms. The maximum Gasteiger partial charge on any atom is 0.0695 e. The van der Waals surface area contributed by atoms with Crippen LogP contribution in [0.15, 0.2) is 15.0 Å². The number of rotatable bonds is 0. The molecule has 1 aromatic rings. The van der Waals surface area contributed by atoms with Gasteiger partial charge in [-0.3, -0.25) is 0 Å². The minimum atomic E-state index is 0.592. The van der Waals surface area contributed by atoms with Gasteiger partial charge in [0.15, 0.2) is 0 Å². The first-order chi connectivity index (χ1) is 5.04. The van der Waals surface area contributed by atoms with E-state index in [0.29, 0.717) is 11.4 Å². The van der Waals surface area contributed by atoms with Crippen molar-refractivity contribution in [3.63, 3.8) is 0 Å². The number of benzene rings is 1. The Morgan fingerprint density at radius 3 is 2.36 bits per heavy atom. The van der Waals surface area contributed by atoms with E-state index in [2.05, 4.69) is 31.9 Å². The van der Waals surface area contributed by atoms with Gasteiger partial charge in [0.25, 0.3) is 0 Å². The van der Waals surface area contributed by atoms with Gasteiger partial charge in [0, 0.05) is 8.95 Å². The van der Waals surface area contributed by atoms with Crippen LogP contribution in [0.1, 0.15) is 5.56 Å². The molecule has 0 saturated heterocycles. The average molecular weight is 280 g/mol. The Morgan fingerprint density at radius 2 is 1.82 bits per heavy atom. The number of nitrogen functional groups attached to an aromatic ring is 2. The largest absolute Gasteiger partial charge is 0.397 e. The fraction of sp³-hybridized carbons (Fsp3) is 0.143. The second-order valence-corrected chi connectivity index (χ2v) is 3.95. The molecule has 0 fully saturated rings. The molecule has 0 heterocycles. The van der Waals surface area contributed by atoms with Gasteiger partial charge in [0.2, 0.25) is 0 Å². The molecule has 0 amide bonds. The van der Waals surface area contributed by atoms with Gasteiger partial charge in [0.1, 0.15) is 0 Å². The third-order valence-corrected chi connectivity index (χ3v) is 3.36. The monoisotopic (exact) mass is 278 g/mol. The van der Waals surface area contributed by atoms with E-state index in [1.54, 1.807) is 6.07 Å². The summed E-state index contributed by atoms with van der Waals surface area (Å²) in [6, 6.07) is 1.80. The van der Waals surface area contributed by atoms with Crippen LogP contribution in [0.3, 0.4) is 0 Å². The van der Waals surface area contributed by atoms with E-state index in [-0.39, 0.29) is 0 Å². The molecule has 0 aliphatic rings. The molecule has 4 N–H and O–H groups in total. The topological polar surface area (TPSA) is 52.0 Å². The highest BCUT2D eigenvalue weighted by molar-refractivity contribution is 9.11. The fourth-order valence-electron chi connectivity index (χ4n) is 0.756. The van der Waals surface area contributed by atoms with E-state index in [0.717, 1.165) is 14.5 Å². The summed E-state index contributed by atoms with van der Waals surface area (Å²) in [7, 11) is 0. The zero-order chi connectivity index (χ0) is 8.59. The van der Waals surface area contributed by atoms with Crippen LogP contribution >= 0.6 is 31.9 Å².